The molecule has 0 radical (unpaired) electrons. The smallest absolute Gasteiger partial charge is 0.295 e. The van der Waals surface area contributed by atoms with Gasteiger partial charge >= 0.3 is 0 Å². The third kappa shape index (κ3) is 3.12. The molecule has 0 amide bonds. The number of hydrogen-bond donors (Lipinski definition) is 0. The van der Waals surface area contributed by atoms with Crippen molar-refractivity contribution in [1.29, 1.82) is 0 Å². The summed E-state index contributed by atoms with van der Waals surface area (Å²) < 4.78 is 5.71. The highest BCUT2D eigenvalue weighted by Crippen LogP contribution is 2.34. The Bertz CT molecular complexity index is 1430. The maximum atomic E-state index is 13.5. The van der Waals surface area contributed by atoms with Crippen molar-refractivity contribution in [1.82, 2.24) is 18.9 Å². The molecule has 31 heavy (non-hydrogen) atoms. The summed E-state index contributed by atoms with van der Waals surface area (Å²) in [6.07, 6.45) is 0. The lowest BCUT2D eigenvalue weighted by atomic mass is 10.2. The van der Waals surface area contributed by atoms with Crippen LogP contribution in [0.2, 0.25) is 0 Å². The lowest BCUT2D eigenvalue weighted by Gasteiger charge is -2.08. The number of aryl methyl sites for hydroxylation is 1. The molecule has 0 N–H and O–H groups in total. The fourth-order valence-electron chi connectivity index (χ4n) is 4.09. The number of thiophene rings is 1. The van der Waals surface area contributed by atoms with Crippen molar-refractivity contribution in [3.05, 3.63) is 86.7 Å². The van der Waals surface area contributed by atoms with E-state index >= 15 is 0 Å². The molecule has 0 spiro atoms. The fourth-order valence-corrected chi connectivity index (χ4v) is 5.72. The molecule has 0 saturated carbocycles. The van der Waals surface area contributed by atoms with E-state index in [1.807, 2.05) is 62.0 Å². The minimum Gasteiger partial charge on any atom is -0.311 e. The molecule has 7 heteroatoms. The van der Waals surface area contributed by atoms with Crippen molar-refractivity contribution in [3.63, 3.8) is 0 Å². The van der Waals surface area contributed by atoms with Crippen LogP contribution < -0.4 is 5.56 Å². The number of nitrogens with zero attached hydrogens (tertiary/aromatic N) is 4. The van der Waals surface area contributed by atoms with E-state index in [-0.39, 0.29) is 5.56 Å². The van der Waals surface area contributed by atoms with Gasteiger partial charge in [-0.15, -0.1) is 22.7 Å². The van der Waals surface area contributed by atoms with Gasteiger partial charge in [0, 0.05) is 29.4 Å². The Kier molecular flexibility index (Phi) is 4.79. The maximum absolute atomic E-state index is 13.5. The summed E-state index contributed by atoms with van der Waals surface area (Å²) in [5.41, 5.74) is 6.47. The summed E-state index contributed by atoms with van der Waals surface area (Å²) in [5, 5.41) is 5.19. The molecule has 0 atom stereocenters. The van der Waals surface area contributed by atoms with E-state index in [4.69, 9.17) is 4.98 Å². The summed E-state index contributed by atoms with van der Waals surface area (Å²) in [6, 6.07) is 16.0. The monoisotopic (exact) mass is 446 g/mol. The zero-order chi connectivity index (χ0) is 21.7. The molecule has 0 saturated heterocycles. The van der Waals surface area contributed by atoms with Gasteiger partial charge < -0.3 is 4.57 Å². The van der Waals surface area contributed by atoms with Crippen molar-refractivity contribution in [2.45, 2.75) is 20.8 Å². The quantitative estimate of drug-likeness (QED) is 0.353. The average molecular weight is 447 g/mol. The molecule has 0 aliphatic carbocycles. The summed E-state index contributed by atoms with van der Waals surface area (Å²) in [4.78, 5) is 19.6. The molecule has 156 valence electrons. The molecule has 4 heterocycles. The maximum Gasteiger partial charge on any atom is 0.295 e. The van der Waals surface area contributed by atoms with Crippen LogP contribution in [0.4, 0.5) is 0 Å². The third-order valence-corrected chi connectivity index (χ3v) is 7.57. The van der Waals surface area contributed by atoms with Gasteiger partial charge in [-0.3, -0.25) is 9.48 Å². The first-order valence-corrected chi connectivity index (χ1v) is 11.8. The van der Waals surface area contributed by atoms with E-state index in [9.17, 15) is 4.79 Å². The second-order valence-electron chi connectivity index (χ2n) is 7.55. The van der Waals surface area contributed by atoms with Crippen molar-refractivity contribution in [2.75, 3.05) is 0 Å². The van der Waals surface area contributed by atoms with Gasteiger partial charge in [0.15, 0.2) is 0 Å². The normalized spacial score (nSPS) is 11.4. The Morgan fingerprint density at radius 1 is 0.935 bits per heavy atom. The second-order valence-corrected chi connectivity index (χ2v) is 9.35. The molecular weight excluding hydrogens is 424 g/mol. The SMILES string of the molecule is Cc1cc(-c2csc(-c3cccs3)n2)c(C)n1-c1c(C)n(C)n(-c2ccccc2)c1=O. The lowest BCUT2D eigenvalue weighted by molar-refractivity contribution is 0.630. The van der Waals surface area contributed by atoms with Crippen molar-refractivity contribution >= 4 is 22.7 Å². The summed E-state index contributed by atoms with van der Waals surface area (Å²) in [5.74, 6) is 0. The predicted molar refractivity (Wildman–Crippen MR) is 129 cm³/mol. The van der Waals surface area contributed by atoms with Gasteiger partial charge in [-0.2, -0.15) is 0 Å². The molecule has 4 aromatic heterocycles. The topological polar surface area (TPSA) is 44.8 Å². The van der Waals surface area contributed by atoms with Gasteiger partial charge in [0.2, 0.25) is 0 Å². The predicted octanol–water partition coefficient (Wildman–Crippen LogP) is 5.74. The van der Waals surface area contributed by atoms with Gasteiger partial charge in [-0.05, 0) is 50.4 Å². The van der Waals surface area contributed by atoms with E-state index in [1.54, 1.807) is 27.4 Å². The molecule has 5 rings (SSSR count). The number of rotatable bonds is 4. The Hall–Kier alpha value is -3.16. The number of para-hydroxylation sites is 1. The number of aromatic nitrogens is 4. The summed E-state index contributed by atoms with van der Waals surface area (Å²) in [7, 11) is 1.93. The minimum atomic E-state index is -0.0305. The van der Waals surface area contributed by atoms with Crippen LogP contribution >= 0.6 is 22.7 Å². The van der Waals surface area contributed by atoms with Crippen molar-refractivity contribution in [3.8, 4) is 32.5 Å². The Balaban J connectivity index is 1.66. The van der Waals surface area contributed by atoms with Crippen LogP contribution in [0, 0.1) is 20.8 Å². The van der Waals surface area contributed by atoms with E-state index in [1.165, 1.54) is 4.88 Å². The van der Waals surface area contributed by atoms with Gasteiger partial charge in [-0.1, -0.05) is 24.3 Å². The number of hydrogen-bond acceptors (Lipinski definition) is 4. The lowest BCUT2D eigenvalue weighted by Crippen LogP contribution is -2.21. The standard InChI is InChI=1S/C24H22N4OS2/c1-15-13-19(20-14-31-23(25-20)21-11-8-12-30-21)16(2)27(15)22-17(3)26(4)28(24(22)29)18-9-6-5-7-10-18/h5-14H,1-4H3. The zero-order valence-corrected chi connectivity index (χ0v) is 19.4. The molecule has 0 fully saturated rings. The van der Waals surface area contributed by atoms with Gasteiger partial charge in [0.05, 0.1) is 22.0 Å². The molecule has 0 aliphatic heterocycles. The highest BCUT2D eigenvalue weighted by atomic mass is 32.1. The second kappa shape index (κ2) is 7.51. The first-order valence-electron chi connectivity index (χ1n) is 10.0. The van der Waals surface area contributed by atoms with Crippen LogP contribution in [0.5, 0.6) is 0 Å². The first-order chi connectivity index (χ1) is 15.0. The van der Waals surface area contributed by atoms with Crippen molar-refractivity contribution < 1.29 is 0 Å². The molecule has 0 bridgehead atoms. The molecule has 1 aromatic carbocycles. The third-order valence-electron chi connectivity index (χ3n) is 5.69. The van der Waals surface area contributed by atoms with E-state index in [0.29, 0.717) is 5.69 Å². The Labute approximate surface area is 188 Å². The molecule has 5 nitrogen and oxygen atoms in total. The highest BCUT2D eigenvalue weighted by molar-refractivity contribution is 7.20. The fraction of sp³-hybridized carbons (Fsp3) is 0.167. The van der Waals surface area contributed by atoms with Gasteiger partial charge in [-0.25, -0.2) is 9.67 Å². The van der Waals surface area contributed by atoms with Crippen LogP contribution in [0.15, 0.2) is 64.1 Å². The van der Waals surface area contributed by atoms with Gasteiger partial charge in [0.25, 0.3) is 5.56 Å². The van der Waals surface area contributed by atoms with Crippen LogP contribution in [-0.2, 0) is 7.05 Å². The first kappa shape index (κ1) is 19.8. The molecular formula is C24H22N4OS2. The number of benzene rings is 1. The van der Waals surface area contributed by atoms with Crippen LogP contribution in [0.25, 0.3) is 32.5 Å². The number of thiazole rings is 1. The Morgan fingerprint density at radius 3 is 2.42 bits per heavy atom. The largest absolute Gasteiger partial charge is 0.311 e. The zero-order valence-electron chi connectivity index (χ0n) is 17.8. The molecule has 5 aromatic rings. The van der Waals surface area contributed by atoms with Crippen LogP contribution in [0.3, 0.4) is 0 Å². The highest BCUT2D eigenvalue weighted by Gasteiger charge is 2.23. The minimum absolute atomic E-state index is 0.0305. The average Bonchev–Trinajstić information content (AvgIpc) is 3.54. The van der Waals surface area contributed by atoms with Crippen LogP contribution in [0.1, 0.15) is 17.1 Å². The van der Waals surface area contributed by atoms with E-state index in [0.717, 1.165) is 39.0 Å². The molecule has 0 aliphatic rings. The van der Waals surface area contributed by atoms with Gasteiger partial charge in [0.1, 0.15) is 10.7 Å². The van der Waals surface area contributed by atoms with Crippen LogP contribution in [-0.4, -0.2) is 18.9 Å². The molecule has 0 unspecified atom stereocenters. The van der Waals surface area contributed by atoms with E-state index < -0.39 is 0 Å². The summed E-state index contributed by atoms with van der Waals surface area (Å²) in [6.45, 7) is 6.10. The van der Waals surface area contributed by atoms with Crippen molar-refractivity contribution in [2.24, 2.45) is 7.05 Å². The van der Waals surface area contributed by atoms with E-state index in [2.05, 4.69) is 34.4 Å². The summed E-state index contributed by atoms with van der Waals surface area (Å²) >= 11 is 3.35. The Morgan fingerprint density at radius 2 is 1.71 bits per heavy atom.